The molecule has 0 aromatic heterocycles. The van der Waals surface area contributed by atoms with E-state index in [1.807, 2.05) is 0 Å². The Kier molecular flexibility index (Phi) is 4.71. The van der Waals surface area contributed by atoms with Gasteiger partial charge in [0.2, 0.25) is 15.9 Å². The Labute approximate surface area is 117 Å². The lowest BCUT2D eigenvalue weighted by atomic mass is 10.2. The largest absolute Gasteiger partial charge is 0.378 e. The molecule has 110 valence electrons. The molecule has 1 heterocycles. The van der Waals surface area contributed by atoms with E-state index in [2.05, 4.69) is 10.0 Å². The summed E-state index contributed by atoms with van der Waals surface area (Å²) in [5.74, 6) is -0.592. The Morgan fingerprint density at radius 2 is 2.10 bits per heavy atom. The number of primary amides is 1. The van der Waals surface area contributed by atoms with Gasteiger partial charge in [0.05, 0.1) is 18.1 Å². The van der Waals surface area contributed by atoms with E-state index in [9.17, 15) is 13.2 Å². The lowest BCUT2D eigenvalue weighted by Crippen LogP contribution is -2.48. The number of morpholine rings is 1. The fourth-order valence-corrected chi connectivity index (χ4v) is 2.92. The van der Waals surface area contributed by atoms with Crippen LogP contribution in [-0.2, 0) is 14.8 Å². The van der Waals surface area contributed by atoms with Gasteiger partial charge >= 0.3 is 0 Å². The molecule has 1 aliphatic rings. The van der Waals surface area contributed by atoms with Crippen molar-refractivity contribution in [2.75, 3.05) is 26.3 Å². The first-order valence-corrected chi connectivity index (χ1v) is 7.68. The maximum Gasteiger partial charge on any atom is 0.248 e. The first-order chi connectivity index (χ1) is 9.49. The fraction of sp³-hybridized carbons (Fsp3) is 0.417. The van der Waals surface area contributed by atoms with Gasteiger partial charge < -0.3 is 15.8 Å². The van der Waals surface area contributed by atoms with Crippen LogP contribution in [0.25, 0.3) is 0 Å². The summed E-state index contributed by atoms with van der Waals surface area (Å²) < 4.78 is 31.9. The molecule has 1 fully saturated rings. The number of ether oxygens (including phenoxy) is 1. The molecule has 1 amide bonds. The summed E-state index contributed by atoms with van der Waals surface area (Å²) in [4.78, 5) is 11.0. The molecule has 4 N–H and O–H groups in total. The number of rotatable bonds is 5. The summed E-state index contributed by atoms with van der Waals surface area (Å²) in [6, 6.07) is 5.45. The van der Waals surface area contributed by atoms with Crippen molar-refractivity contribution in [3.63, 3.8) is 0 Å². The minimum Gasteiger partial charge on any atom is -0.378 e. The zero-order valence-electron chi connectivity index (χ0n) is 10.8. The highest BCUT2D eigenvalue weighted by Gasteiger charge is 2.18. The summed E-state index contributed by atoms with van der Waals surface area (Å²) in [7, 11) is -3.60. The van der Waals surface area contributed by atoms with E-state index in [0.717, 1.165) is 0 Å². The molecule has 1 aromatic rings. The average Bonchev–Trinajstić information content (AvgIpc) is 2.46. The van der Waals surface area contributed by atoms with E-state index in [1.165, 1.54) is 24.3 Å². The number of sulfonamides is 1. The van der Waals surface area contributed by atoms with Gasteiger partial charge in [-0.05, 0) is 24.3 Å². The van der Waals surface area contributed by atoms with Crippen molar-refractivity contribution in [3.05, 3.63) is 29.8 Å². The van der Waals surface area contributed by atoms with Crippen LogP contribution in [0, 0.1) is 0 Å². The lowest BCUT2D eigenvalue weighted by molar-refractivity contribution is 0.0784. The Bertz CT molecular complexity index is 565. The minimum absolute atomic E-state index is 0.0385. The molecule has 7 nitrogen and oxygen atoms in total. The van der Waals surface area contributed by atoms with Crippen molar-refractivity contribution in [2.24, 2.45) is 5.73 Å². The van der Waals surface area contributed by atoms with Gasteiger partial charge in [-0.15, -0.1) is 0 Å². The molecular formula is C12H17N3O4S. The van der Waals surface area contributed by atoms with Gasteiger partial charge in [0.1, 0.15) is 0 Å². The van der Waals surface area contributed by atoms with Gasteiger partial charge in [-0.1, -0.05) is 0 Å². The third kappa shape index (κ3) is 3.76. The van der Waals surface area contributed by atoms with Crippen LogP contribution in [0.4, 0.5) is 0 Å². The molecule has 0 spiro atoms. The van der Waals surface area contributed by atoms with Crippen LogP contribution in [0.3, 0.4) is 0 Å². The summed E-state index contributed by atoms with van der Waals surface area (Å²) in [5.41, 5.74) is 5.37. The van der Waals surface area contributed by atoms with E-state index in [-0.39, 0.29) is 23.0 Å². The maximum atomic E-state index is 12.1. The number of nitrogens with two attached hydrogens (primary N) is 1. The normalized spacial score (nSPS) is 19.7. The standard InChI is InChI=1S/C12H17N3O4S/c13-12(16)9-1-3-11(4-2-9)20(17,18)15-7-10-8-19-6-5-14-10/h1-4,10,14-15H,5-8H2,(H2,13,16). The molecule has 2 rings (SSSR count). The fourth-order valence-electron chi connectivity index (χ4n) is 1.84. The number of amides is 1. The highest BCUT2D eigenvalue weighted by Crippen LogP contribution is 2.10. The van der Waals surface area contributed by atoms with E-state index in [4.69, 9.17) is 10.5 Å². The topological polar surface area (TPSA) is 111 Å². The van der Waals surface area contributed by atoms with Crippen LogP contribution in [0.5, 0.6) is 0 Å². The van der Waals surface area contributed by atoms with E-state index in [1.54, 1.807) is 0 Å². The van der Waals surface area contributed by atoms with Crippen LogP contribution in [0.2, 0.25) is 0 Å². The van der Waals surface area contributed by atoms with Crippen LogP contribution in [0.1, 0.15) is 10.4 Å². The lowest BCUT2D eigenvalue weighted by Gasteiger charge is -2.23. The molecule has 1 saturated heterocycles. The van der Waals surface area contributed by atoms with Crippen molar-refractivity contribution < 1.29 is 17.9 Å². The quantitative estimate of drug-likeness (QED) is 0.649. The average molecular weight is 299 g/mol. The molecule has 1 aromatic carbocycles. The molecular weight excluding hydrogens is 282 g/mol. The summed E-state index contributed by atoms with van der Waals surface area (Å²) in [5, 5.41) is 3.15. The van der Waals surface area contributed by atoms with Crippen molar-refractivity contribution in [3.8, 4) is 0 Å². The third-order valence-corrected chi connectivity index (χ3v) is 4.41. The van der Waals surface area contributed by atoms with Crippen LogP contribution < -0.4 is 15.8 Å². The van der Waals surface area contributed by atoms with E-state index in [0.29, 0.717) is 19.8 Å². The van der Waals surface area contributed by atoms with Crippen LogP contribution in [0.15, 0.2) is 29.2 Å². The summed E-state index contributed by atoms with van der Waals surface area (Å²) >= 11 is 0. The zero-order valence-corrected chi connectivity index (χ0v) is 11.7. The monoisotopic (exact) mass is 299 g/mol. The minimum atomic E-state index is -3.60. The highest BCUT2D eigenvalue weighted by molar-refractivity contribution is 7.89. The van der Waals surface area contributed by atoms with Gasteiger partial charge in [0, 0.05) is 24.7 Å². The van der Waals surface area contributed by atoms with Gasteiger partial charge in [-0.3, -0.25) is 4.79 Å². The second-order valence-electron chi connectivity index (χ2n) is 4.47. The van der Waals surface area contributed by atoms with Gasteiger partial charge in [0.15, 0.2) is 0 Å². The van der Waals surface area contributed by atoms with Gasteiger partial charge in [-0.2, -0.15) is 0 Å². The van der Waals surface area contributed by atoms with Crippen molar-refractivity contribution in [1.82, 2.24) is 10.0 Å². The Morgan fingerprint density at radius 1 is 1.40 bits per heavy atom. The van der Waals surface area contributed by atoms with E-state index < -0.39 is 15.9 Å². The molecule has 1 unspecified atom stereocenters. The van der Waals surface area contributed by atoms with Crippen LogP contribution >= 0.6 is 0 Å². The Hall–Kier alpha value is -1.48. The predicted octanol–water partition coefficient (Wildman–Crippen LogP) is -0.948. The molecule has 0 aliphatic carbocycles. The van der Waals surface area contributed by atoms with E-state index >= 15 is 0 Å². The summed E-state index contributed by atoms with van der Waals surface area (Å²) in [6.07, 6.45) is 0. The van der Waals surface area contributed by atoms with Gasteiger partial charge in [-0.25, -0.2) is 13.1 Å². The second kappa shape index (κ2) is 6.31. The van der Waals surface area contributed by atoms with Crippen LogP contribution in [-0.4, -0.2) is 46.7 Å². The number of hydrogen-bond acceptors (Lipinski definition) is 5. The molecule has 1 aliphatic heterocycles. The first kappa shape index (κ1) is 14.9. The maximum absolute atomic E-state index is 12.1. The Morgan fingerprint density at radius 3 is 2.65 bits per heavy atom. The Balaban J connectivity index is 2.00. The molecule has 0 radical (unpaired) electrons. The number of carbonyl (C=O) groups is 1. The molecule has 0 bridgehead atoms. The first-order valence-electron chi connectivity index (χ1n) is 6.20. The third-order valence-electron chi connectivity index (χ3n) is 2.97. The number of benzene rings is 1. The van der Waals surface area contributed by atoms with Crippen molar-refractivity contribution >= 4 is 15.9 Å². The summed E-state index contributed by atoms with van der Waals surface area (Å²) in [6.45, 7) is 2.07. The van der Waals surface area contributed by atoms with Crippen molar-refractivity contribution in [2.45, 2.75) is 10.9 Å². The number of nitrogens with one attached hydrogen (secondary N) is 2. The van der Waals surface area contributed by atoms with Crippen molar-refractivity contribution in [1.29, 1.82) is 0 Å². The zero-order chi connectivity index (χ0) is 14.6. The SMILES string of the molecule is NC(=O)c1ccc(S(=O)(=O)NCC2COCCN2)cc1. The number of carbonyl (C=O) groups excluding carboxylic acids is 1. The molecule has 20 heavy (non-hydrogen) atoms. The predicted molar refractivity (Wildman–Crippen MR) is 72.8 cm³/mol. The number of hydrogen-bond donors (Lipinski definition) is 3. The van der Waals surface area contributed by atoms with Gasteiger partial charge in [0.25, 0.3) is 0 Å². The molecule has 8 heteroatoms. The molecule has 0 saturated carbocycles. The second-order valence-corrected chi connectivity index (χ2v) is 6.23. The molecule has 1 atom stereocenters. The smallest absolute Gasteiger partial charge is 0.248 e. The highest BCUT2D eigenvalue weighted by atomic mass is 32.2.